The molecule has 3 heterocycles. The predicted molar refractivity (Wildman–Crippen MR) is 90.3 cm³/mol. The van der Waals surface area contributed by atoms with E-state index in [0.29, 0.717) is 17.1 Å². The summed E-state index contributed by atoms with van der Waals surface area (Å²) in [6, 6.07) is 4.32. The van der Waals surface area contributed by atoms with E-state index < -0.39 is 5.91 Å². The van der Waals surface area contributed by atoms with Gasteiger partial charge in [-0.05, 0) is 43.5 Å². The van der Waals surface area contributed by atoms with Crippen LogP contribution >= 0.6 is 11.3 Å². The second kappa shape index (κ2) is 5.52. The Morgan fingerprint density at radius 3 is 3.08 bits per heavy atom. The number of aryl methyl sites for hydroxylation is 1. The van der Waals surface area contributed by atoms with E-state index >= 15 is 0 Å². The zero-order chi connectivity index (χ0) is 16.8. The van der Waals surface area contributed by atoms with Gasteiger partial charge >= 0.3 is 0 Å². The highest BCUT2D eigenvalue weighted by molar-refractivity contribution is 7.15. The van der Waals surface area contributed by atoms with E-state index in [1.54, 1.807) is 22.5 Å². The van der Waals surface area contributed by atoms with E-state index in [2.05, 4.69) is 4.98 Å². The van der Waals surface area contributed by atoms with Crippen LogP contribution in [-0.2, 0) is 6.42 Å². The summed E-state index contributed by atoms with van der Waals surface area (Å²) in [6.07, 6.45) is 4.37. The summed E-state index contributed by atoms with van der Waals surface area (Å²) >= 11 is 1.33. The fourth-order valence-corrected chi connectivity index (χ4v) is 3.81. The zero-order valence-corrected chi connectivity index (χ0v) is 13.7. The van der Waals surface area contributed by atoms with Crippen molar-refractivity contribution in [2.75, 3.05) is 4.90 Å². The first-order chi connectivity index (χ1) is 11.6. The molecule has 24 heavy (non-hydrogen) atoms. The maximum Gasteiger partial charge on any atom is 0.271 e. The molecule has 0 saturated carbocycles. The SMILES string of the molecule is C[C@H]1CCc2cc(F)ccc2N1C(=O)c1cnc2sccn2c1=O. The number of fused-ring (bicyclic) bond motifs is 2. The van der Waals surface area contributed by atoms with Gasteiger partial charge in [-0.2, -0.15) is 0 Å². The van der Waals surface area contributed by atoms with Crippen molar-refractivity contribution >= 4 is 27.9 Å². The van der Waals surface area contributed by atoms with Gasteiger partial charge in [-0.3, -0.25) is 14.0 Å². The average molecular weight is 343 g/mol. The summed E-state index contributed by atoms with van der Waals surface area (Å²) < 4.78 is 14.9. The molecule has 0 N–H and O–H groups in total. The van der Waals surface area contributed by atoms with Gasteiger partial charge in [0, 0.05) is 29.5 Å². The summed E-state index contributed by atoms with van der Waals surface area (Å²) in [5.74, 6) is -0.717. The molecule has 0 fully saturated rings. The van der Waals surface area contributed by atoms with Crippen LogP contribution in [0.5, 0.6) is 0 Å². The minimum absolute atomic E-state index is 0.0231. The van der Waals surface area contributed by atoms with Crippen LogP contribution in [-0.4, -0.2) is 21.3 Å². The van der Waals surface area contributed by atoms with E-state index in [4.69, 9.17) is 0 Å². The highest BCUT2D eigenvalue weighted by Crippen LogP contribution is 2.32. The van der Waals surface area contributed by atoms with Crippen molar-refractivity contribution in [1.82, 2.24) is 9.38 Å². The smallest absolute Gasteiger partial charge is 0.271 e. The van der Waals surface area contributed by atoms with Crippen molar-refractivity contribution in [3.05, 3.63) is 63.3 Å². The molecule has 1 amide bonds. The first-order valence-electron chi connectivity index (χ1n) is 7.63. The predicted octanol–water partition coefficient (Wildman–Crippen LogP) is 2.88. The molecule has 7 heteroatoms. The van der Waals surface area contributed by atoms with Crippen molar-refractivity contribution < 1.29 is 9.18 Å². The van der Waals surface area contributed by atoms with Crippen LogP contribution < -0.4 is 10.5 Å². The fourth-order valence-electron chi connectivity index (χ4n) is 3.13. The molecule has 0 aliphatic carbocycles. The van der Waals surface area contributed by atoms with Crippen molar-refractivity contribution in [2.45, 2.75) is 25.8 Å². The van der Waals surface area contributed by atoms with Gasteiger partial charge in [0.1, 0.15) is 11.4 Å². The van der Waals surface area contributed by atoms with Crippen LogP contribution in [0.25, 0.3) is 4.96 Å². The molecule has 0 unspecified atom stereocenters. The summed E-state index contributed by atoms with van der Waals surface area (Å²) in [5, 5.41) is 1.75. The Labute approximate surface area is 141 Å². The Morgan fingerprint density at radius 2 is 2.25 bits per heavy atom. The number of hydrogen-bond donors (Lipinski definition) is 0. The van der Waals surface area contributed by atoms with Crippen LogP contribution in [0, 0.1) is 5.82 Å². The van der Waals surface area contributed by atoms with Crippen molar-refractivity contribution in [3.8, 4) is 0 Å². The molecule has 0 radical (unpaired) electrons. The molecule has 5 nitrogen and oxygen atoms in total. The quantitative estimate of drug-likeness (QED) is 0.683. The van der Waals surface area contributed by atoms with Crippen LogP contribution in [0.2, 0.25) is 0 Å². The maximum atomic E-state index is 13.5. The highest BCUT2D eigenvalue weighted by Gasteiger charge is 2.31. The van der Waals surface area contributed by atoms with Gasteiger partial charge in [-0.1, -0.05) is 0 Å². The largest absolute Gasteiger partial charge is 0.305 e. The molecule has 122 valence electrons. The van der Waals surface area contributed by atoms with Gasteiger partial charge in [0.2, 0.25) is 0 Å². The molecule has 1 aromatic carbocycles. The number of benzene rings is 1. The number of carbonyl (C=O) groups is 1. The number of amides is 1. The Morgan fingerprint density at radius 1 is 1.42 bits per heavy atom. The number of nitrogens with zero attached hydrogens (tertiary/aromatic N) is 3. The van der Waals surface area contributed by atoms with Crippen molar-refractivity contribution in [2.24, 2.45) is 0 Å². The van der Waals surface area contributed by atoms with Crippen molar-refractivity contribution in [3.63, 3.8) is 0 Å². The zero-order valence-electron chi connectivity index (χ0n) is 12.9. The molecule has 1 aliphatic rings. The van der Waals surface area contributed by atoms with Gasteiger partial charge in [0.25, 0.3) is 11.5 Å². The average Bonchev–Trinajstić information content (AvgIpc) is 3.04. The third kappa shape index (κ3) is 2.24. The lowest BCUT2D eigenvalue weighted by Crippen LogP contribution is -2.44. The number of halogens is 1. The number of hydrogen-bond acceptors (Lipinski definition) is 4. The topological polar surface area (TPSA) is 54.7 Å². The van der Waals surface area contributed by atoms with E-state index in [1.165, 1.54) is 34.1 Å². The van der Waals surface area contributed by atoms with Crippen LogP contribution in [0.1, 0.15) is 29.3 Å². The molecule has 3 aromatic rings. The summed E-state index contributed by atoms with van der Waals surface area (Å²) in [4.78, 5) is 31.9. The van der Waals surface area contributed by atoms with E-state index in [9.17, 15) is 14.0 Å². The first kappa shape index (κ1) is 15.0. The number of carbonyl (C=O) groups excluding carboxylic acids is 1. The molecule has 1 atom stereocenters. The third-order valence-corrected chi connectivity index (χ3v) is 5.14. The van der Waals surface area contributed by atoms with E-state index in [0.717, 1.165) is 12.0 Å². The standard InChI is InChI=1S/C17H14FN3O2S/c1-10-2-3-11-8-12(18)4-5-14(11)21(10)16(23)13-9-19-17-20(15(13)22)6-7-24-17/h4-10H,2-3H2,1H3/t10-/m0/s1. The maximum absolute atomic E-state index is 13.5. The van der Waals surface area contributed by atoms with Gasteiger partial charge in [-0.25, -0.2) is 9.37 Å². The van der Waals surface area contributed by atoms with Gasteiger partial charge < -0.3 is 4.90 Å². The normalized spacial score (nSPS) is 17.1. The number of rotatable bonds is 1. The van der Waals surface area contributed by atoms with E-state index in [-0.39, 0.29) is 23.0 Å². The Bertz CT molecular complexity index is 1010. The lowest BCUT2D eigenvalue weighted by Gasteiger charge is -2.35. The summed E-state index contributed by atoms with van der Waals surface area (Å²) in [7, 11) is 0. The minimum atomic E-state index is -0.395. The molecule has 1 aliphatic heterocycles. The highest BCUT2D eigenvalue weighted by atomic mass is 32.1. The molecular formula is C17H14FN3O2S. The monoisotopic (exact) mass is 343 g/mol. The lowest BCUT2D eigenvalue weighted by molar-refractivity contribution is 0.0973. The first-order valence-corrected chi connectivity index (χ1v) is 8.51. The van der Waals surface area contributed by atoms with Crippen molar-refractivity contribution in [1.29, 1.82) is 0 Å². The fraction of sp³-hybridized carbons (Fsp3) is 0.235. The third-order valence-electron chi connectivity index (χ3n) is 4.37. The van der Waals surface area contributed by atoms with Gasteiger partial charge in [0.15, 0.2) is 4.96 Å². The van der Waals surface area contributed by atoms with Gasteiger partial charge in [0.05, 0.1) is 0 Å². The molecule has 4 rings (SSSR count). The van der Waals surface area contributed by atoms with E-state index in [1.807, 2.05) is 6.92 Å². The number of anilines is 1. The van der Waals surface area contributed by atoms with Crippen LogP contribution in [0.4, 0.5) is 10.1 Å². The second-order valence-corrected chi connectivity index (χ2v) is 6.74. The molecule has 0 saturated heterocycles. The minimum Gasteiger partial charge on any atom is -0.305 e. The van der Waals surface area contributed by atoms with Crippen LogP contribution in [0.15, 0.2) is 40.8 Å². The Kier molecular flexibility index (Phi) is 3.45. The van der Waals surface area contributed by atoms with Gasteiger partial charge in [-0.15, -0.1) is 11.3 Å². The summed E-state index contributed by atoms with van der Waals surface area (Å²) in [5.41, 5.74) is 1.09. The second-order valence-electron chi connectivity index (χ2n) is 5.87. The Balaban J connectivity index is 1.84. The Hall–Kier alpha value is -2.54. The number of aromatic nitrogens is 2. The molecule has 0 spiro atoms. The van der Waals surface area contributed by atoms with Crippen LogP contribution in [0.3, 0.4) is 0 Å². The molecular weight excluding hydrogens is 329 g/mol. The summed E-state index contributed by atoms with van der Waals surface area (Å²) in [6.45, 7) is 1.93. The molecule has 0 bridgehead atoms. The lowest BCUT2D eigenvalue weighted by atomic mass is 9.96. The molecule has 2 aromatic heterocycles. The number of thiazole rings is 1.